The van der Waals surface area contributed by atoms with Crippen LogP contribution >= 0.6 is 0 Å². The highest BCUT2D eigenvalue weighted by Crippen LogP contribution is 2.22. The average molecular weight is 203 g/mol. The van der Waals surface area contributed by atoms with Gasteiger partial charge in [-0.15, -0.1) is 0 Å². The summed E-state index contributed by atoms with van der Waals surface area (Å²) in [7, 11) is 0. The van der Waals surface area contributed by atoms with Crippen LogP contribution in [0.15, 0.2) is 29.4 Å². The summed E-state index contributed by atoms with van der Waals surface area (Å²) in [4.78, 5) is 5.26. The molecule has 0 aromatic heterocycles. The smallest absolute Gasteiger partial charge is 0.145 e. The molecule has 0 amide bonds. The first-order valence-corrected chi connectivity index (χ1v) is 5.32. The standard InChI is InChI=1S/C12H13NO2/c1-2-4-11-9(3-1)5-6-12(11)13-15-8-10-7-14-10/h1-4,10H,5-8H2/b13-12-. The van der Waals surface area contributed by atoms with E-state index in [1.54, 1.807) is 0 Å². The van der Waals surface area contributed by atoms with E-state index in [4.69, 9.17) is 9.57 Å². The van der Waals surface area contributed by atoms with Crippen LogP contribution in [0.5, 0.6) is 0 Å². The molecule has 1 fully saturated rings. The van der Waals surface area contributed by atoms with Gasteiger partial charge in [0.1, 0.15) is 12.7 Å². The number of oxime groups is 1. The van der Waals surface area contributed by atoms with E-state index in [9.17, 15) is 0 Å². The second-order valence-corrected chi connectivity index (χ2v) is 3.95. The predicted molar refractivity (Wildman–Crippen MR) is 57.0 cm³/mol. The lowest BCUT2D eigenvalue weighted by atomic mass is 10.1. The summed E-state index contributed by atoms with van der Waals surface area (Å²) in [6.45, 7) is 1.41. The molecule has 2 aliphatic rings. The third-order valence-electron chi connectivity index (χ3n) is 2.80. The molecule has 3 rings (SSSR count). The van der Waals surface area contributed by atoms with Crippen molar-refractivity contribution in [1.82, 2.24) is 0 Å². The van der Waals surface area contributed by atoms with Crippen molar-refractivity contribution < 1.29 is 9.57 Å². The zero-order chi connectivity index (χ0) is 10.1. The Morgan fingerprint density at radius 1 is 1.33 bits per heavy atom. The molecular formula is C12H13NO2. The van der Waals surface area contributed by atoms with E-state index in [2.05, 4.69) is 23.4 Å². The largest absolute Gasteiger partial charge is 0.393 e. The van der Waals surface area contributed by atoms with Crippen LogP contribution in [-0.4, -0.2) is 25.0 Å². The minimum Gasteiger partial charge on any atom is -0.393 e. The lowest BCUT2D eigenvalue weighted by molar-refractivity contribution is 0.124. The Balaban J connectivity index is 1.71. The fourth-order valence-corrected chi connectivity index (χ4v) is 1.86. The molecule has 0 radical (unpaired) electrons. The van der Waals surface area contributed by atoms with Gasteiger partial charge in [-0.2, -0.15) is 0 Å². The average Bonchev–Trinajstić information content (AvgIpc) is 3.00. The van der Waals surface area contributed by atoms with Gasteiger partial charge in [-0.1, -0.05) is 29.4 Å². The minimum absolute atomic E-state index is 0.283. The van der Waals surface area contributed by atoms with Crippen molar-refractivity contribution in [1.29, 1.82) is 0 Å². The SMILES string of the molecule is c1ccc2c(c1)CC/C2=N/OCC1CO1. The number of hydrogen-bond donors (Lipinski definition) is 0. The third kappa shape index (κ3) is 1.88. The quantitative estimate of drug-likeness (QED) is 0.554. The molecule has 1 aromatic rings. The van der Waals surface area contributed by atoms with Gasteiger partial charge in [0.15, 0.2) is 0 Å². The summed E-state index contributed by atoms with van der Waals surface area (Å²) in [5.41, 5.74) is 3.70. The molecule has 3 heteroatoms. The van der Waals surface area contributed by atoms with Crippen LogP contribution in [0.3, 0.4) is 0 Å². The van der Waals surface area contributed by atoms with Gasteiger partial charge in [-0.3, -0.25) is 0 Å². The van der Waals surface area contributed by atoms with Crippen molar-refractivity contribution in [3.05, 3.63) is 35.4 Å². The second kappa shape index (κ2) is 3.66. The molecule has 78 valence electrons. The van der Waals surface area contributed by atoms with Crippen molar-refractivity contribution in [3.63, 3.8) is 0 Å². The first-order valence-electron chi connectivity index (χ1n) is 5.32. The number of benzene rings is 1. The number of aryl methyl sites for hydroxylation is 1. The van der Waals surface area contributed by atoms with Gasteiger partial charge in [0, 0.05) is 5.56 Å². The van der Waals surface area contributed by atoms with E-state index in [0.717, 1.165) is 25.2 Å². The van der Waals surface area contributed by atoms with Crippen molar-refractivity contribution in [2.24, 2.45) is 5.16 Å². The van der Waals surface area contributed by atoms with E-state index in [-0.39, 0.29) is 6.10 Å². The summed E-state index contributed by atoms with van der Waals surface area (Å²) in [5, 5.41) is 4.18. The minimum atomic E-state index is 0.283. The van der Waals surface area contributed by atoms with Crippen LogP contribution in [0.2, 0.25) is 0 Å². The Morgan fingerprint density at radius 2 is 2.20 bits per heavy atom. The molecular weight excluding hydrogens is 190 g/mol. The van der Waals surface area contributed by atoms with Crippen LogP contribution in [0.25, 0.3) is 0 Å². The predicted octanol–water partition coefficient (Wildman–Crippen LogP) is 1.75. The van der Waals surface area contributed by atoms with Gasteiger partial charge in [-0.05, 0) is 18.4 Å². The maximum absolute atomic E-state index is 5.26. The van der Waals surface area contributed by atoms with Crippen molar-refractivity contribution in [2.75, 3.05) is 13.2 Å². The normalized spacial score (nSPS) is 25.3. The van der Waals surface area contributed by atoms with Gasteiger partial charge < -0.3 is 9.57 Å². The lowest BCUT2D eigenvalue weighted by Gasteiger charge is -1.99. The van der Waals surface area contributed by atoms with Gasteiger partial charge >= 0.3 is 0 Å². The number of nitrogens with zero attached hydrogens (tertiary/aromatic N) is 1. The van der Waals surface area contributed by atoms with Gasteiger partial charge in [0.2, 0.25) is 0 Å². The first-order chi connectivity index (χ1) is 7.43. The van der Waals surface area contributed by atoms with Crippen LogP contribution in [0.1, 0.15) is 17.5 Å². The summed E-state index contributed by atoms with van der Waals surface area (Å²) < 4.78 is 5.05. The van der Waals surface area contributed by atoms with Gasteiger partial charge in [0.05, 0.1) is 12.3 Å². The van der Waals surface area contributed by atoms with Crippen LogP contribution in [0.4, 0.5) is 0 Å². The number of rotatable bonds is 3. The van der Waals surface area contributed by atoms with Gasteiger partial charge in [-0.25, -0.2) is 0 Å². The Bertz CT molecular complexity index is 396. The maximum atomic E-state index is 5.26. The Hall–Kier alpha value is -1.35. The van der Waals surface area contributed by atoms with E-state index in [0.29, 0.717) is 6.61 Å². The third-order valence-corrected chi connectivity index (χ3v) is 2.80. The van der Waals surface area contributed by atoms with Crippen LogP contribution in [-0.2, 0) is 16.0 Å². The molecule has 0 saturated carbocycles. The molecule has 15 heavy (non-hydrogen) atoms. The first kappa shape index (κ1) is 8.92. The highest BCUT2D eigenvalue weighted by atomic mass is 16.7. The fraction of sp³-hybridized carbons (Fsp3) is 0.417. The number of epoxide rings is 1. The molecule has 0 N–H and O–H groups in total. The lowest BCUT2D eigenvalue weighted by Crippen LogP contribution is -2.01. The number of fused-ring (bicyclic) bond motifs is 1. The fourth-order valence-electron chi connectivity index (χ4n) is 1.86. The molecule has 0 bridgehead atoms. The molecule has 1 heterocycles. The summed E-state index contributed by atoms with van der Waals surface area (Å²) in [5.74, 6) is 0. The van der Waals surface area contributed by atoms with Crippen molar-refractivity contribution >= 4 is 5.71 Å². The van der Waals surface area contributed by atoms with Gasteiger partial charge in [0.25, 0.3) is 0 Å². The van der Waals surface area contributed by atoms with Crippen molar-refractivity contribution in [2.45, 2.75) is 18.9 Å². The van der Waals surface area contributed by atoms with Crippen LogP contribution in [0, 0.1) is 0 Å². The molecule has 1 aliphatic heterocycles. The molecule has 1 aromatic carbocycles. The zero-order valence-electron chi connectivity index (χ0n) is 8.48. The summed E-state index contributed by atoms with van der Waals surface area (Å²) in [6, 6.07) is 8.38. The maximum Gasteiger partial charge on any atom is 0.145 e. The molecule has 0 spiro atoms. The molecule has 1 aliphatic carbocycles. The topological polar surface area (TPSA) is 34.1 Å². The van der Waals surface area contributed by atoms with Crippen LogP contribution < -0.4 is 0 Å². The van der Waals surface area contributed by atoms with E-state index in [1.807, 2.05) is 6.07 Å². The second-order valence-electron chi connectivity index (χ2n) is 3.95. The Morgan fingerprint density at radius 3 is 3.07 bits per heavy atom. The molecule has 1 unspecified atom stereocenters. The molecule has 3 nitrogen and oxygen atoms in total. The highest BCUT2D eigenvalue weighted by molar-refractivity contribution is 6.04. The highest BCUT2D eigenvalue weighted by Gasteiger charge is 2.23. The summed E-state index contributed by atoms with van der Waals surface area (Å²) >= 11 is 0. The Labute approximate surface area is 88.7 Å². The van der Waals surface area contributed by atoms with E-state index in [1.165, 1.54) is 11.1 Å². The monoisotopic (exact) mass is 203 g/mol. The Kier molecular flexibility index (Phi) is 2.18. The van der Waals surface area contributed by atoms with Crippen molar-refractivity contribution in [3.8, 4) is 0 Å². The molecule has 1 saturated heterocycles. The number of ether oxygens (including phenoxy) is 1. The summed E-state index contributed by atoms with van der Waals surface area (Å²) in [6.07, 6.45) is 2.36. The van der Waals surface area contributed by atoms with E-state index < -0.39 is 0 Å². The zero-order valence-corrected chi connectivity index (χ0v) is 8.48. The number of hydrogen-bond acceptors (Lipinski definition) is 3. The molecule has 1 atom stereocenters. The van der Waals surface area contributed by atoms with E-state index >= 15 is 0 Å².